The molecule has 1 N–H and O–H groups in total. The van der Waals surface area contributed by atoms with E-state index in [1.165, 1.54) is 11.3 Å². The highest BCUT2D eigenvalue weighted by atomic mass is 32.1. The summed E-state index contributed by atoms with van der Waals surface area (Å²) in [6.07, 6.45) is 0. The van der Waals surface area contributed by atoms with E-state index in [2.05, 4.69) is 15.5 Å². The van der Waals surface area contributed by atoms with E-state index in [4.69, 9.17) is 4.74 Å². The number of methoxy groups -OCH3 is 1. The average molecular weight is 311 g/mol. The van der Waals surface area contributed by atoms with Gasteiger partial charge in [-0.1, -0.05) is 41.7 Å². The van der Waals surface area contributed by atoms with Crippen LogP contribution in [0.2, 0.25) is 0 Å². The van der Waals surface area contributed by atoms with E-state index in [1.54, 1.807) is 19.2 Å². The fraction of sp³-hybridized carbons (Fsp3) is 0.0625. The van der Waals surface area contributed by atoms with E-state index < -0.39 is 0 Å². The minimum absolute atomic E-state index is 0.205. The number of nitrogens with zero attached hydrogens (tertiary/aromatic N) is 2. The average Bonchev–Trinajstić information content (AvgIpc) is 3.04. The SMILES string of the molecule is COc1ccccc1-c1nnc(NC(=O)c2ccccc2)s1. The molecule has 0 aliphatic rings. The van der Waals surface area contributed by atoms with Crippen molar-refractivity contribution in [2.24, 2.45) is 0 Å². The van der Waals surface area contributed by atoms with Gasteiger partial charge in [-0.2, -0.15) is 0 Å². The summed E-state index contributed by atoms with van der Waals surface area (Å²) in [4.78, 5) is 12.1. The summed E-state index contributed by atoms with van der Waals surface area (Å²) >= 11 is 1.30. The molecule has 0 aliphatic carbocycles. The number of benzene rings is 2. The number of nitrogens with one attached hydrogen (secondary N) is 1. The van der Waals surface area contributed by atoms with E-state index in [9.17, 15) is 4.79 Å². The van der Waals surface area contributed by atoms with E-state index in [1.807, 2.05) is 42.5 Å². The van der Waals surface area contributed by atoms with Crippen molar-refractivity contribution in [2.45, 2.75) is 0 Å². The fourth-order valence-corrected chi connectivity index (χ4v) is 2.73. The molecule has 6 heteroatoms. The molecule has 0 aliphatic heterocycles. The van der Waals surface area contributed by atoms with Crippen LogP contribution in [0, 0.1) is 0 Å². The van der Waals surface area contributed by atoms with Crippen LogP contribution in [0.3, 0.4) is 0 Å². The number of hydrogen-bond acceptors (Lipinski definition) is 5. The first-order valence-electron chi connectivity index (χ1n) is 6.61. The lowest BCUT2D eigenvalue weighted by Gasteiger charge is -2.03. The molecule has 0 spiro atoms. The molecular formula is C16H13N3O2S. The molecule has 2 aromatic carbocycles. The van der Waals surface area contributed by atoms with Gasteiger partial charge in [0.2, 0.25) is 5.13 Å². The first-order chi connectivity index (χ1) is 10.8. The van der Waals surface area contributed by atoms with Gasteiger partial charge in [0, 0.05) is 5.56 Å². The zero-order valence-electron chi connectivity index (χ0n) is 11.8. The molecular weight excluding hydrogens is 298 g/mol. The first-order valence-corrected chi connectivity index (χ1v) is 7.43. The number of anilines is 1. The van der Waals surface area contributed by atoms with Crippen molar-refractivity contribution in [3.63, 3.8) is 0 Å². The molecule has 0 bridgehead atoms. The Morgan fingerprint density at radius 3 is 2.55 bits per heavy atom. The molecule has 0 saturated heterocycles. The summed E-state index contributed by atoms with van der Waals surface area (Å²) in [6, 6.07) is 16.5. The molecule has 0 radical (unpaired) electrons. The molecule has 0 atom stereocenters. The maximum Gasteiger partial charge on any atom is 0.257 e. The zero-order chi connectivity index (χ0) is 15.4. The first kappa shape index (κ1) is 14.2. The van der Waals surface area contributed by atoms with Gasteiger partial charge in [-0.3, -0.25) is 10.1 Å². The van der Waals surface area contributed by atoms with Gasteiger partial charge in [0.25, 0.3) is 5.91 Å². The summed E-state index contributed by atoms with van der Waals surface area (Å²) in [5.74, 6) is 0.517. The molecule has 3 aromatic rings. The van der Waals surface area contributed by atoms with Crippen molar-refractivity contribution in [2.75, 3.05) is 12.4 Å². The molecule has 0 saturated carbocycles. The molecule has 5 nitrogen and oxygen atoms in total. The lowest BCUT2D eigenvalue weighted by molar-refractivity contribution is 0.102. The predicted octanol–water partition coefficient (Wildman–Crippen LogP) is 3.47. The Morgan fingerprint density at radius 1 is 1.05 bits per heavy atom. The van der Waals surface area contributed by atoms with Gasteiger partial charge in [0.05, 0.1) is 12.7 Å². The zero-order valence-corrected chi connectivity index (χ0v) is 12.6. The minimum atomic E-state index is -0.205. The van der Waals surface area contributed by atoms with Crippen LogP contribution in [0.5, 0.6) is 5.75 Å². The number of carbonyl (C=O) groups is 1. The summed E-state index contributed by atoms with van der Waals surface area (Å²) in [7, 11) is 1.61. The van der Waals surface area contributed by atoms with Gasteiger partial charge in [-0.15, -0.1) is 10.2 Å². The highest BCUT2D eigenvalue weighted by molar-refractivity contribution is 7.18. The van der Waals surface area contributed by atoms with Crippen molar-refractivity contribution in [1.29, 1.82) is 0 Å². The summed E-state index contributed by atoms with van der Waals surface area (Å²) in [5.41, 5.74) is 1.43. The van der Waals surface area contributed by atoms with Crippen LogP contribution in [-0.2, 0) is 0 Å². The number of ether oxygens (including phenoxy) is 1. The van der Waals surface area contributed by atoms with Crippen LogP contribution in [0.15, 0.2) is 54.6 Å². The number of para-hydroxylation sites is 1. The molecule has 1 aromatic heterocycles. The molecule has 3 rings (SSSR count). The fourth-order valence-electron chi connectivity index (χ4n) is 1.96. The van der Waals surface area contributed by atoms with Crippen molar-refractivity contribution in [3.8, 4) is 16.3 Å². The third-order valence-electron chi connectivity index (χ3n) is 3.02. The Morgan fingerprint density at radius 2 is 1.77 bits per heavy atom. The molecule has 22 heavy (non-hydrogen) atoms. The van der Waals surface area contributed by atoms with E-state index >= 15 is 0 Å². The molecule has 0 fully saturated rings. The minimum Gasteiger partial charge on any atom is -0.496 e. The number of carbonyl (C=O) groups excluding carboxylic acids is 1. The maximum absolute atomic E-state index is 12.1. The maximum atomic E-state index is 12.1. The Balaban J connectivity index is 1.81. The molecule has 0 unspecified atom stereocenters. The highest BCUT2D eigenvalue weighted by Gasteiger charge is 2.13. The summed E-state index contributed by atoms with van der Waals surface area (Å²) < 4.78 is 5.31. The van der Waals surface area contributed by atoms with Crippen LogP contribution in [0.4, 0.5) is 5.13 Å². The highest BCUT2D eigenvalue weighted by Crippen LogP contribution is 2.33. The molecule has 110 valence electrons. The predicted molar refractivity (Wildman–Crippen MR) is 86.3 cm³/mol. The molecule has 1 heterocycles. The lowest BCUT2D eigenvalue weighted by atomic mass is 10.2. The van der Waals surface area contributed by atoms with E-state index in [0.717, 1.165) is 11.3 Å². The van der Waals surface area contributed by atoms with Gasteiger partial charge >= 0.3 is 0 Å². The Bertz CT molecular complexity index is 787. The van der Waals surface area contributed by atoms with Gasteiger partial charge in [-0.25, -0.2) is 0 Å². The van der Waals surface area contributed by atoms with Crippen LogP contribution in [0.25, 0.3) is 10.6 Å². The third kappa shape index (κ3) is 2.96. The number of hydrogen-bond donors (Lipinski definition) is 1. The molecule has 1 amide bonds. The van der Waals surface area contributed by atoms with Crippen LogP contribution in [-0.4, -0.2) is 23.2 Å². The Kier molecular flexibility index (Phi) is 4.11. The summed E-state index contributed by atoms with van der Waals surface area (Å²) in [5, 5.41) is 12.0. The van der Waals surface area contributed by atoms with Crippen molar-refractivity contribution in [1.82, 2.24) is 10.2 Å². The van der Waals surface area contributed by atoms with Gasteiger partial charge in [0.15, 0.2) is 5.01 Å². The normalized spacial score (nSPS) is 10.2. The smallest absolute Gasteiger partial charge is 0.257 e. The van der Waals surface area contributed by atoms with E-state index in [-0.39, 0.29) is 5.91 Å². The van der Waals surface area contributed by atoms with Crippen molar-refractivity contribution < 1.29 is 9.53 Å². The third-order valence-corrected chi connectivity index (χ3v) is 3.89. The van der Waals surface area contributed by atoms with Crippen LogP contribution < -0.4 is 10.1 Å². The van der Waals surface area contributed by atoms with Crippen molar-refractivity contribution >= 4 is 22.4 Å². The Hall–Kier alpha value is -2.73. The van der Waals surface area contributed by atoms with Crippen molar-refractivity contribution in [3.05, 3.63) is 60.2 Å². The monoisotopic (exact) mass is 311 g/mol. The number of aromatic nitrogens is 2. The largest absolute Gasteiger partial charge is 0.496 e. The van der Waals surface area contributed by atoms with E-state index in [0.29, 0.717) is 15.7 Å². The summed E-state index contributed by atoms with van der Waals surface area (Å²) in [6.45, 7) is 0. The number of amides is 1. The van der Waals surface area contributed by atoms with Gasteiger partial charge < -0.3 is 4.74 Å². The van der Waals surface area contributed by atoms with Crippen LogP contribution >= 0.6 is 11.3 Å². The number of rotatable bonds is 4. The quantitative estimate of drug-likeness (QED) is 0.801. The second-order valence-corrected chi connectivity index (χ2v) is 5.41. The Labute approximate surface area is 131 Å². The topological polar surface area (TPSA) is 64.1 Å². The van der Waals surface area contributed by atoms with Gasteiger partial charge in [-0.05, 0) is 24.3 Å². The van der Waals surface area contributed by atoms with Crippen LogP contribution in [0.1, 0.15) is 10.4 Å². The standard InChI is InChI=1S/C16H13N3O2S/c1-21-13-10-6-5-9-12(13)15-18-19-16(22-15)17-14(20)11-7-3-2-4-8-11/h2-10H,1H3,(H,17,19,20). The lowest BCUT2D eigenvalue weighted by Crippen LogP contribution is -2.11. The van der Waals surface area contributed by atoms with Gasteiger partial charge in [0.1, 0.15) is 5.75 Å². The second kappa shape index (κ2) is 6.36. The second-order valence-electron chi connectivity index (χ2n) is 4.43.